The summed E-state index contributed by atoms with van der Waals surface area (Å²) in [5.41, 5.74) is 9.79. The molecule has 0 radical (unpaired) electrons. The van der Waals surface area contributed by atoms with Gasteiger partial charge in [0.1, 0.15) is 11.9 Å². The van der Waals surface area contributed by atoms with Crippen LogP contribution in [0.3, 0.4) is 0 Å². The third kappa shape index (κ3) is 1.74. The first-order valence-corrected chi connectivity index (χ1v) is 7.19. The van der Waals surface area contributed by atoms with Gasteiger partial charge < -0.3 is 15.8 Å². The monoisotopic (exact) mass is 274 g/mol. The summed E-state index contributed by atoms with van der Waals surface area (Å²) in [7, 11) is 0. The summed E-state index contributed by atoms with van der Waals surface area (Å²) < 4.78 is 6.07. The standard InChI is InChI=1S/C16H22N2O2/c1-8-5-10-9(2)12(7-17)20-14(10)11-6-16(3,4)15(19)18-13(8)11/h5,9,12H,6-7,17H2,1-4H3,(H,18,19)/t9-,12+/m0/s1. The van der Waals surface area contributed by atoms with Gasteiger partial charge in [-0.25, -0.2) is 0 Å². The highest BCUT2D eigenvalue weighted by Crippen LogP contribution is 2.48. The first kappa shape index (κ1) is 13.4. The third-order valence-electron chi connectivity index (χ3n) is 4.63. The Balaban J connectivity index is 2.16. The van der Waals surface area contributed by atoms with E-state index in [-0.39, 0.29) is 12.0 Å². The van der Waals surface area contributed by atoms with Crippen molar-refractivity contribution in [3.63, 3.8) is 0 Å². The molecule has 4 nitrogen and oxygen atoms in total. The smallest absolute Gasteiger partial charge is 0.230 e. The fraction of sp³-hybridized carbons (Fsp3) is 0.562. The highest BCUT2D eigenvalue weighted by atomic mass is 16.5. The fourth-order valence-corrected chi connectivity index (χ4v) is 3.23. The van der Waals surface area contributed by atoms with E-state index in [9.17, 15) is 4.79 Å². The Morgan fingerprint density at radius 2 is 2.20 bits per heavy atom. The fourth-order valence-electron chi connectivity index (χ4n) is 3.23. The molecule has 0 spiro atoms. The van der Waals surface area contributed by atoms with E-state index in [2.05, 4.69) is 18.3 Å². The van der Waals surface area contributed by atoms with E-state index in [1.165, 1.54) is 5.56 Å². The molecular weight excluding hydrogens is 252 g/mol. The Kier molecular flexibility index (Phi) is 2.83. The van der Waals surface area contributed by atoms with Crippen molar-refractivity contribution in [2.24, 2.45) is 11.1 Å². The summed E-state index contributed by atoms with van der Waals surface area (Å²) in [5, 5.41) is 3.05. The molecule has 2 atom stereocenters. The normalized spacial score (nSPS) is 26.6. The summed E-state index contributed by atoms with van der Waals surface area (Å²) in [4.78, 5) is 12.1. The second-order valence-electron chi connectivity index (χ2n) is 6.66. The lowest BCUT2D eigenvalue weighted by molar-refractivity contribution is -0.124. The SMILES string of the molecule is Cc1cc2c(c3c1NC(=O)C(C)(C)C3)O[C@H](CN)[C@H]2C. The number of nitrogens with one attached hydrogen (secondary N) is 1. The minimum absolute atomic E-state index is 0.0386. The number of carbonyl (C=O) groups excluding carboxylic acids is 1. The lowest BCUT2D eigenvalue weighted by Crippen LogP contribution is -2.37. The molecule has 0 fully saturated rings. The number of aryl methyl sites for hydroxylation is 1. The number of nitrogens with two attached hydrogens (primary N) is 1. The minimum atomic E-state index is -0.401. The number of hydrogen-bond acceptors (Lipinski definition) is 3. The Bertz CT molecular complexity index is 593. The average Bonchev–Trinajstić information content (AvgIpc) is 2.69. The summed E-state index contributed by atoms with van der Waals surface area (Å²) in [6.45, 7) is 8.65. The van der Waals surface area contributed by atoms with Gasteiger partial charge in [0.25, 0.3) is 0 Å². The maximum absolute atomic E-state index is 12.1. The van der Waals surface area contributed by atoms with Crippen molar-refractivity contribution in [1.82, 2.24) is 0 Å². The predicted octanol–water partition coefficient (Wildman–Crippen LogP) is 2.34. The Hall–Kier alpha value is -1.55. The Morgan fingerprint density at radius 3 is 2.85 bits per heavy atom. The summed E-state index contributed by atoms with van der Waals surface area (Å²) in [6, 6.07) is 2.13. The Morgan fingerprint density at radius 1 is 1.50 bits per heavy atom. The molecule has 0 aliphatic carbocycles. The minimum Gasteiger partial charge on any atom is -0.488 e. The van der Waals surface area contributed by atoms with Crippen LogP contribution in [0, 0.1) is 12.3 Å². The van der Waals surface area contributed by atoms with Gasteiger partial charge in [0.05, 0.1) is 5.69 Å². The van der Waals surface area contributed by atoms with Crippen molar-refractivity contribution >= 4 is 11.6 Å². The molecule has 3 rings (SSSR count). The van der Waals surface area contributed by atoms with Crippen LogP contribution in [0.2, 0.25) is 0 Å². The first-order chi connectivity index (χ1) is 9.35. The number of fused-ring (bicyclic) bond motifs is 3. The topological polar surface area (TPSA) is 64.3 Å². The van der Waals surface area contributed by atoms with Crippen molar-refractivity contribution in [3.8, 4) is 5.75 Å². The van der Waals surface area contributed by atoms with Crippen LogP contribution < -0.4 is 15.8 Å². The number of ether oxygens (including phenoxy) is 1. The second-order valence-corrected chi connectivity index (χ2v) is 6.66. The molecule has 2 aliphatic heterocycles. The van der Waals surface area contributed by atoms with Gasteiger partial charge in [-0.3, -0.25) is 4.79 Å². The molecule has 108 valence electrons. The van der Waals surface area contributed by atoms with Crippen LogP contribution in [0.25, 0.3) is 0 Å². The van der Waals surface area contributed by atoms with Crippen molar-refractivity contribution < 1.29 is 9.53 Å². The lowest BCUT2D eigenvalue weighted by atomic mass is 9.79. The van der Waals surface area contributed by atoms with E-state index in [4.69, 9.17) is 10.5 Å². The molecule has 20 heavy (non-hydrogen) atoms. The van der Waals surface area contributed by atoms with Crippen molar-refractivity contribution in [1.29, 1.82) is 0 Å². The summed E-state index contributed by atoms with van der Waals surface area (Å²) >= 11 is 0. The summed E-state index contributed by atoms with van der Waals surface area (Å²) in [5.74, 6) is 1.33. The number of carbonyl (C=O) groups is 1. The highest BCUT2D eigenvalue weighted by Gasteiger charge is 2.40. The third-order valence-corrected chi connectivity index (χ3v) is 4.63. The van der Waals surface area contributed by atoms with Crippen molar-refractivity contribution in [3.05, 3.63) is 22.8 Å². The molecule has 3 N–H and O–H groups in total. The Labute approximate surface area is 119 Å². The molecule has 2 aliphatic rings. The van der Waals surface area contributed by atoms with Gasteiger partial charge in [-0.1, -0.05) is 20.8 Å². The molecule has 0 bridgehead atoms. The van der Waals surface area contributed by atoms with E-state index in [1.807, 2.05) is 20.8 Å². The van der Waals surface area contributed by atoms with E-state index in [0.29, 0.717) is 18.9 Å². The maximum atomic E-state index is 12.1. The average molecular weight is 274 g/mol. The van der Waals surface area contributed by atoms with E-state index < -0.39 is 5.41 Å². The van der Waals surface area contributed by atoms with Gasteiger partial charge in [0.2, 0.25) is 5.91 Å². The maximum Gasteiger partial charge on any atom is 0.230 e. The van der Waals surface area contributed by atoms with Crippen LogP contribution in [0.1, 0.15) is 43.4 Å². The highest BCUT2D eigenvalue weighted by molar-refractivity contribution is 5.99. The zero-order valence-corrected chi connectivity index (χ0v) is 12.5. The van der Waals surface area contributed by atoms with Crippen LogP contribution in [-0.2, 0) is 11.2 Å². The van der Waals surface area contributed by atoms with Crippen LogP contribution in [0.15, 0.2) is 6.07 Å². The molecule has 1 amide bonds. The van der Waals surface area contributed by atoms with Crippen LogP contribution in [0.4, 0.5) is 5.69 Å². The molecule has 4 heteroatoms. The number of hydrogen-bond donors (Lipinski definition) is 2. The molecule has 1 aromatic rings. The zero-order chi connectivity index (χ0) is 14.7. The van der Waals surface area contributed by atoms with Gasteiger partial charge in [-0.15, -0.1) is 0 Å². The second kappa shape index (κ2) is 4.22. The van der Waals surface area contributed by atoms with Gasteiger partial charge >= 0.3 is 0 Å². The lowest BCUT2D eigenvalue weighted by Gasteiger charge is -2.32. The molecule has 1 aromatic carbocycles. The van der Waals surface area contributed by atoms with E-state index in [1.54, 1.807) is 0 Å². The molecular formula is C16H22N2O2. The van der Waals surface area contributed by atoms with Crippen LogP contribution in [0.5, 0.6) is 5.75 Å². The molecule has 0 saturated heterocycles. The van der Waals surface area contributed by atoms with Crippen molar-refractivity contribution in [2.75, 3.05) is 11.9 Å². The molecule has 0 unspecified atom stereocenters. The number of rotatable bonds is 1. The van der Waals surface area contributed by atoms with Crippen LogP contribution in [-0.4, -0.2) is 18.6 Å². The molecule has 2 heterocycles. The number of benzene rings is 1. The van der Waals surface area contributed by atoms with Gasteiger partial charge in [-0.2, -0.15) is 0 Å². The van der Waals surface area contributed by atoms with Crippen LogP contribution >= 0.6 is 0 Å². The van der Waals surface area contributed by atoms with Gasteiger partial charge in [-0.05, 0) is 25.0 Å². The largest absolute Gasteiger partial charge is 0.488 e. The summed E-state index contributed by atoms with van der Waals surface area (Å²) in [6.07, 6.45) is 0.749. The predicted molar refractivity (Wildman–Crippen MR) is 79.2 cm³/mol. The van der Waals surface area contributed by atoms with E-state index >= 15 is 0 Å². The van der Waals surface area contributed by atoms with Crippen molar-refractivity contribution in [2.45, 2.75) is 46.1 Å². The molecule has 0 aromatic heterocycles. The van der Waals surface area contributed by atoms with Gasteiger partial charge in [0, 0.05) is 29.0 Å². The quantitative estimate of drug-likeness (QED) is 0.826. The number of amides is 1. The number of anilines is 1. The molecule has 0 saturated carbocycles. The first-order valence-electron chi connectivity index (χ1n) is 7.19. The van der Waals surface area contributed by atoms with E-state index in [0.717, 1.165) is 22.6 Å². The van der Waals surface area contributed by atoms with Gasteiger partial charge in [0.15, 0.2) is 0 Å². The zero-order valence-electron chi connectivity index (χ0n) is 12.5.